The molecule has 3 saturated heterocycles. The summed E-state index contributed by atoms with van der Waals surface area (Å²) in [5.41, 5.74) is 0. The third-order valence-electron chi connectivity index (χ3n) is 14.8. The summed E-state index contributed by atoms with van der Waals surface area (Å²) in [6, 6.07) is -2.65. The third kappa shape index (κ3) is 23.9. The molecule has 0 aliphatic carbocycles. The van der Waals surface area contributed by atoms with E-state index in [4.69, 9.17) is 28.4 Å². The van der Waals surface area contributed by atoms with Gasteiger partial charge in [-0.05, 0) is 38.5 Å². The first-order chi connectivity index (χ1) is 38.4. The van der Waals surface area contributed by atoms with Crippen molar-refractivity contribution in [1.29, 1.82) is 0 Å². The molecule has 0 radical (unpaired) electrons. The Morgan fingerprint density at radius 1 is 0.662 bits per heavy atom. The molecule has 0 spiro atoms. The molecule has 18 unspecified atom stereocenters. The predicted molar refractivity (Wildman–Crippen MR) is 292 cm³/mol. The molecule has 464 valence electrons. The Balaban J connectivity index is 1.71. The van der Waals surface area contributed by atoms with Crippen molar-refractivity contribution in [2.75, 3.05) is 26.4 Å². The number of carbonyl (C=O) groups excluding carboxylic acids is 2. The van der Waals surface area contributed by atoms with Gasteiger partial charge in [-0.25, -0.2) is 4.79 Å². The van der Waals surface area contributed by atoms with Crippen LogP contribution < -0.4 is 10.6 Å². The van der Waals surface area contributed by atoms with E-state index in [0.29, 0.717) is 12.8 Å². The first-order valence-corrected chi connectivity index (χ1v) is 29.4. The standard InChI is InChI=1S/C57H100N2O21/c1-4-6-8-10-12-14-16-18-20-22-24-26-28-30-39(64)38(59-44(67)31-29-27-25-23-21-19-17-15-13-11-9-7-5-2)36-75-54-49(71)48(70)51(43(35-62)77-54)78-55-50(72)53(47(69)42(34-61)76-55)80-57(56(73)74)32-40(65)45(58-37(3)63)52(79-57)46(68)41(66)33-60/h19,21,25,27-28,30,38-43,45-55,60-62,64-66,68-72H,4-18,20,22-24,26,29,31-36H2,1-3H3,(H,58,63)(H,59,67)(H,73,74)/b21-19-,27-25-,30-28+. The van der Waals surface area contributed by atoms with E-state index in [2.05, 4.69) is 36.6 Å². The number of rotatable bonds is 41. The molecule has 0 aromatic carbocycles. The summed E-state index contributed by atoms with van der Waals surface area (Å²) in [5.74, 6) is -6.22. The van der Waals surface area contributed by atoms with Crippen molar-refractivity contribution in [2.45, 2.75) is 278 Å². The molecule has 23 nitrogen and oxygen atoms in total. The van der Waals surface area contributed by atoms with Gasteiger partial charge in [0.1, 0.15) is 67.1 Å². The minimum Gasteiger partial charge on any atom is -0.477 e. The van der Waals surface area contributed by atoms with E-state index in [1.807, 2.05) is 18.2 Å². The molecule has 0 bridgehead atoms. The number of amides is 2. The van der Waals surface area contributed by atoms with Gasteiger partial charge < -0.3 is 100 Å². The summed E-state index contributed by atoms with van der Waals surface area (Å²) >= 11 is 0. The highest BCUT2D eigenvalue weighted by Crippen LogP contribution is 2.38. The normalized spacial score (nSPS) is 30.9. The molecule has 0 saturated carbocycles. The van der Waals surface area contributed by atoms with Crippen LogP contribution in [-0.2, 0) is 42.8 Å². The number of unbranched alkanes of at least 4 members (excludes halogenated alkanes) is 17. The summed E-state index contributed by atoms with van der Waals surface area (Å²) in [6.07, 6.45) is 5.29. The van der Waals surface area contributed by atoms with Crippen molar-refractivity contribution < 1.29 is 104 Å². The number of carboxylic acids is 1. The molecule has 14 N–H and O–H groups in total. The third-order valence-corrected chi connectivity index (χ3v) is 14.8. The molecule has 3 rings (SSSR count). The Hall–Kier alpha value is -3.05. The van der Waals surface area contributed by atoms with Gasteiger partial charge in [-0.3, -0.25) is 9.59 Å². The van der Waals surface area contributed by atoms with E-state index >= 15 is 0 Å². The summed E-state index contributed by atoms with van der Waals surface area (Å²) in [4.78, 5) is 38.3. The number of aliphatic hydroxyl groups is 11. The van der Waals surface area contributed by atoms with Crippen LogP contribution in [0.3, 0.4) is 0 Å². The summed E-state index contributed by atoms with van der Waals surface area (Å²) in [7, 11) is 0. The van der Waals surface area contributed by atoms with E-state index in [9.17, 15) is 75.7 Å². The second-order valence-corrected chi connectivity index (χ2v) is 21.5. The van der Waals surface area contributed by atoms with Crippen LogP contribution in [0.15, 0.2) is 36.5 Å². The first-order valence-electron chi connectivity index (χ1n) is 29.4. The van der Waals surface area contributed by atoms with E-state index in [1.165, 1.54) is 83.5 Å². The predicted octanol–water partition coefficient (Wildman–Crippen LogP) is 1.94. The topological polar surface area (TPSA) is 373 Å². The number of aliphatic hydroxyl groups excluding tert-OH is 11. The molecule has 3 heterocycles. The molecule has 2 amide bonds. The van der Waals surface area contributed by atoms with Crippen molar-refractivity contribution in [3.8, 4) is 0 Å². The Morgan fingerprint density at radius 2 is 1.21 bits per heavy atom. The fourth-order valence-corrected chi connectivity index (χ4v) is 10.0. The zero-order chi connectivity index (χ0) is 59.0. The van der Waals surface area contributed by atoms with E-state index in [-0.39, 0.29) is 6.42 Å². The Kier molecular flexibility index (Phi) is 35.1. The molecule has 0 aromatic rings. The molecule has 23 heteroatoms. The molecule has 0 aromatic heterocycles. The number of hydrogen-bond acceptors (Lipinski definition) is 20. The lowest BCUT2D eigenvalue weighted by Gasteiger charge is -2.50. The van der Waals surface area contributed by atoms with Gasteiger partial charge in [-0.15, -0.1) is 0 Å². The minimum absolute atomic E-state index is 0.0927. The van der Waals surface area contributed by atoms with Crippen LogP contribution in [0, 0.1) is 0 Å². The van der Waals surface area contributed by atoms with Crippen molar-refractivity contribution in [3.05, 3.63) is 36.5 Å². The second kappa shape index (κ2) is 39.5. The maximum Gasteiger partial charge on any atom is 0.364 e. The number of carbonyl (C=O) groups is 3. The molecule has 3 fully saturated rings. The first kappa shape index (κ1) is 71.2. The van der Waals surface area contributed by atoms with E-state index < -0.39 is 160 Å². The number of carboxylic acid groups (broad SMARTS) is 1. The van der Waals surface area contributed by atoms with Gasteiger partial charge in [-0.1, -0.05) is 147 Å². The molecule has 3 aliphatic rings. The van der Waals surface area contributed by atoms with Crippen LogP contribution in [-0.4, -0.2) is 215 Å². The van der Waals surface area contributed by atoms with Gasteiger partial charge >= 0.3 is 5.97 Å². The van der Waals surface area contributed by atoms with Crippen LogP contribution in [0.1, 0.15) is 168 Å². The highest BCUT2D eigenvalue weighted by molar-refractivity contribution is 5.77. The van der Waals surface area contributed by atoms with Crippen molar-refractivity contribution in [3.63, 3.8) is 0 Å². The number of hydrogen-bond donors (Lipinski definition) is 14. The number of aliphatic carboxylic acids is 1. The summed E-state index contributed by atoms with van der Waals surface area (Å²) in [5, 5.41) is 135. The fourth-order valence-electron chi connectivity index (χ4n) is 10.0. The SMILES string of the molecule is CCCCCCCC/C=C\C/C=C\CCC(=O)NC(COC1OC(CO)C(OC2OC(CO)C(O)C(OC3(C(=O)O)CC(O)C(NC(C)=O)C(C(O)C(O)CO)O3)C2O)C(O)C1O)C(O)/C=C/CCCCCCCCCCCCC. The van der Waals surface area contributed by atoms with Gasteiger partial charge in [-0.2, -0.15) is 0 Å². The highest BCUT2D eigenvalue weighted by atomic mass is 16.8. The average Bonchev–Trinajstić information content (AvgIpc) is 3.44. The summed E-state index contributed by atoms with van der Waals surface area (Å²) < 4.78 is 34.6. The number of allylic oxidation sites excluding steroid dienone is 5. The molecular weight excluding hydrogens is 1050 g/mol. The lowest BCUT2D eigenvalue weighted by Crippen LogP contribution is -2.70. The highest BCUT2D eigenvalue weighted by Gasteiger charge is 2.60. The lowest BCUT2D eigenvalue weighted by molar-refractivity contribution is -0.386. The monoisotopic (exact) mass is 1150 g/mol. The van der Waals surface area contributed by atoms with Crippen molar-refractivity contribution in [2.24, 2.45) is 0 Å². The Bertz CT molecular complexity index is 1790. The maximum atomic E-state index is 13.3. The van der Waals surface area contributed by atoms with Crippen LogP contribution in [0.5, 0.6) is 0 Å². The van der Waals surface area contributed by atoms with Gasteiger partial charge in [0.15, 0.2) is 12.6 Å². The Labute approximate surface area is 472 Å². The maximum absolute atomic E-state index is 13.3. The second-order valence-electron chi connectivity index (χ2n) is 21.5. The van der Waals surface area contributed by atoms with Gasteiger partial charge in [0.05, 0.1) is 50.7 Å². The quantitative estimate of drug-likeness (QED) is 0.0307. The largest absolute Gasteiger partial charge is 0.477 e. The van der Waals surface area contributed by atoms with Crippen molar-refractivity contribution in [1.82, 2.24) is 10.6 Å². The van der Waals surface area contributed by atoms with Crippen LogP contribution in [0.4, 0.5) is 0 Å². The van der Waals surface area contributed by atoms with Crippen LogP contribution >= 0.6 is 0 Å². The zero-order valence-corrected chi connectivity index (χ0v) is 47.4. The van der Waals surface area contributed by atoms with E-state index in [1.54, 1.807) is 6.08 Å². The number of nitrogens with one attached hydrogen (secondary N) is 2. The van der Waals surface area contributed by atoms with E-state index in [0.717, 1.165) is 45.4 Å². The zero-order valence-electron chi connectivity index (χ0n) is 47.4. The Morgan fingerprint density at radius 3 is 1.76 bits per heavy atom. The smallest absolute Gasteiger partial charge is 0.364 e. The van der Waals surface area contributed by atoms with Gasteiger partial charge in [0, 0.05) is 19.8 Å². The molecule has 3 aliphatic heterocycles. The molecular formula is C57H100N2O21. The van der Waals surface area contributed by atoms with Crippen LogP contribution in [0.25, 0.3) is 0 Å². The van der Waals surface area contributed by atoms with Crippen LogP contribution in [0.2, 0.25) is 0 Å². The lowest BCUT2D eigenvalue weighted by atomic mass is 9.88. The molecule has 18 atom stereocenters. The van der Waals surface area contributed by atoms with Crippen molar-refractivity contribution >= 4 is 17.8 Å². The summed E-state index contributed by atoms with van der Waals surface area (Å²) in [6.45, 7) is 2.01. The number of ether oxygens (including phenoxy) is 6. The fraction of sp³-hybridized carbons (Fsp3) is 0.842. The average molecular weight is 1150 g/mol. The van der Waals surface area contributed by atoms with Gasteiger partial charge in [0.2, 0.25) is 11.8 Å². The van der Waals surface area contributed by atoms with Gasteiger partial charge in [0.25, 0.3) is 5.79 Å². The minimum atomic E-state index is -3.08. The molecule has 80 heavy (non-hydrogen) atoms.